The maximum Gasteiger partial charge on any atom is 0.319 e. The topological polar surface area (TPSA) is 41.1 Å². The van der Waals surface area contributed by atoms with E-state index >= 15 is 0 Å². The molecule has 0 saturated heterocycles. The van der Waals surface area contributed by atoms with E-state index in [1.54, 1.807) is 12.3 Å². The molecule has 0 rings (SSSR count). The van der Waals surface area contributed by atoms with E-state index in [2.05, 4.69) is 31.4 Å². The quantitative estimate of drug-likeness (QED) is 0.741. The lowest BCUT2D eigenvalue weighted by Gasteiger charge is -2.33. The molecule has 0 heterocycles. The summed E-state index contributed by atoms with van der Waals surface area (Å²) in [4.78, 5) is 11.4. The number of amides is 2. The van der Waals surface area contributed by atoms with Gasteiger partial charge in [0, 0.05) is 11.7 Å². The molecule has 0 saturated carbocycles. The van der Waals surface area contributed by atoms with Gasteiger partial charge in [-0.1, -0.05) is 26.8 Å². The largest absolute Gasteiger partial charge is 0.333 e. The Bertz CT molecular complexity index is 236. The van der Waals surface area contributed by atoms with Crippen LogP contribution in [0.4, 0.5) is 4.79 Å². The molecule has 0 aliphatic rings. The zero-order chi connectivity index (χ0) is 12.1. The molecular formula is C12H24N2O. The second kappa shape index (κ2) is 5.19. The molecule has 0 aromatic heterocycles. The molecule has 3 nitrogen and oxygen atoms in total. The van der Waals surface area contributed by atoms with E-state index in [1.807, 2.05) is 20.8 Å². The summed E-state index contributed by atoms with van der Waals surface area (Å²) in [6, 6.07) is -0.151. The van der Waals surface area contributed by atoms with Crippen LogP contribution in [-0.4, -0.2) is 11.6 Å². The van der Waals surface area contributed by atoms with Crippen molar-refractivity contribution < 1.29 is 4.79 Å². The van der Waals surface area contributed by atoms with Crippen molar-refractivity contribution in [3.63, 3.8) is 0 Å². The zero-order valence-corrected chi connectivity index (χ0v) is 10.8. The average Bonchev–Trinajstić information content (AvgIpc) is 1.94. The molecular weight excluding hydrogens is 188 g/mol. The standard InChI is InChI=1S/C12H24N2O/c1-7-8-13-10(15)14-12(5,6)9-11(2,3)4/h7-8H,9H2,1-6H3,(H2,13,14,15)/b8-7+. The second-order valence-corrected chi connectivity index (χ2v) is 5.72. The van der Waals surface area contributed by atoms with E-state index < -0.39 is 0 Å². The Hall–Kier alpha value is -0.990. The van der Waals surface area contributed by atoms with Crippen molar-refractivity contribution in [1.29, 1.82) is 0 Å². The molecule has 0 aromatic rings. The first-order chi connectivity index (χ1) is 6.66. The van der Waals surface area contributed by atoms with Crippen molar-refractivity contribution in [3.05, 3.63) is 12.3 Å². The van der Waals surface area contributed by atoms with Gasteiger partial charge in [0.05, 0.1) is 0 Å². The monoisotopic (exact) mass is 212 g/mol. The number of hydrogen-bond donors (Lipinski definition) is 2. The van der Waals surface area contributed by atoms with E-state index in [9.17, 15) is 4.79 Å². The highest BCUT2D eigenvalue weighted by Crippen LogP contribution is 2.26. The third kappa shape index (κ3) is 8.03. The van der Waals surface area contributed by atoms with Gasteiger partial charge in [-0.15, -0.1) is 0 Å². The van der Waals surface area contributed by atoms with Gasteiger partial charge in [0.2, 0.25) is 0 Å². The Morgan fingerprint density at radius 1 is 1.20 bits per heavy atom. The predicted octanol–water partition coefficient (Wildman–Crippen LogP) is 3.03. The Kier molecular flexibility index (Phi) is 4.85. The van der Waals surface area contributed by atoms with Gasteiger partial charge in [0.1, 0.15) is 0 Å². The van der Waals surface area contributed by atoms with Crippen LogP contribution in [0.2, 0.25) is 0 Å². The van der Waals surface area contributed by atoms with Gasteiger partial charge in [-0.2, -0.15) is 0 Å². The number of carbonyl (C=O) groups is 1. The van der Waals surface area contributed by atoms with Crippen molar-refractivity contribution in [2.75, 3.05) is 0 Å². The zero-order valence-electron chi connectivity index (χ0n) is 10.8. The lowest BCUT2D eigenvalue weighted by Crippen LogP contribution is -2.48. The molecule has 0 atom stereocenters. The molecule has 2 amide bonds. The van der Waals surface area contributed by atoms with Crippen LogP contribution in [0.1, 0.15) is 48.0 Å². The van der Waals surface area contributed by atoms with Crippen LogP contribution in [0, 0.1) is 5.41 Å². The average molecular weight is 212 g/mol. The Labute approximate surface area is 93.3 Å². The summed E-state index contributed by atoms with van der Waals surface area (Å²) in [6.07, 6.45) is 4.35. The minimum atomic E-state index is -0.191. The van der Waals surface area contributed by atoms with Crippen molar-refractivity contribution in [2.24, 2.45) is 5.41 Å². The molecule has 2 N–H and O–H groups in total. The summed E-state index contributed by atoms with van der Waals surface area (Å²) in [5.41, 5.74) is 0.0152. The highest BCUT2D eigenvalue weighted by Gasteiger charge is 2.26. The molecule has 3 heteroatoms. The number of allylic oxidation sites excluding steroid dienone is 1. The van der Waals surface area contributed by atoms with E-state index in [1.165, 1.54) is 0 Å². The summed E-state index contributed by atoms with van der Waals surface area (Å²) in [5.74, 6) is 0. The Morgan fingerprint density at radius 2 is 1.73 bits per heavy atom. The maximum atomic E-state index is 11.4. The molecule has 0 aromatic carbocycles. The van der Waals surface area contributed by atoms with Crippen LogP contribution in [0.25, 0.3) is 0 Å². The number of rotatable bonds is 3. The molecule has 0 spiro atoms. The predicted molar refractivity (Wildman–Crippen MR) is 64.6 cm³/mol. The lowest BCUT2D eigenvalue weighted by atomic mass is 9.82. The summed E-state index contributed by atoms with van der Waals surface area (Å²) in [7, 11) is 0. The number of carbonyl (C=O) groups excluding carboxylic acids is 1. The Balaban J connectivity index is 4.19. The molecule has 0 bridgehead atoms. The number of hydrogen-bond acceptors (Lipinski definition) is 1. The molecule has 88 valence electrons. The van der Waals surface area contributed by atoms with Crippen molar-refractivity contribution in [1.82, 2.24) is 10.6 Å². The number of nitrogens with one attached hydrogen (secondary N) is 2. The van der Waals surface area contributed by atoms with Crippen LogP contribution in [0.3, 0.4) is 0 Å². The molecule has 0 aliphatic heterocycles. The minimum Gasteiger partial charge on any atom is -0.333 e. The molecule has 0 aliphatic carbocycles. The van der Waals surface area contributed by atoms with E-state index in [-0.39, 0.29) is 17.0 Å². The van der Waals surface area contributed by atoms with E-state index in [4.69, 9.17) is 0 Å². The normalized spacial score (nSPS) is 12.9. The van der Waals surface area contributed by atoms with Crippen molar-refractivity contribution >= 4 is 6.03 Å². The van der Waals surface area contributed by atoms with Crippen LogP contribution in [-0.2, 0) is 0 Å². The molecule has 0 radical (unpaired) electrons. The fourth-order valence-electron chi connectivity index (χ4n) is 1.87. The van der Waals surface area contributed by atoms with Gasteiger partial charge in [-0.25, -0.2) is 4.79 Å². The summed E-state index contributed by atoms with van der Waals surface area (Å²) in [5, 5.41) is 5.59. The summed E-state index contributed by atoms with van der Waals surface area (Å²) < 4.78 is 0. The van der Waals surface area contributed by atoms with Gasteiger partial charge < -0.3 is 10.6 Å². The van der Waals surface area contributed by atoms with Gasteiger partial charge >= 0.3 is 6.03 Å². The maximum absolute atomic E-state index is 11.4. The van der Waals surface area contributed by atoms with Gasteiger partial charge in [0.15, 0.2) is 0 Å². The lowest BCUT2D eigenvalue weighted by molar-refractivity contribution is 0.213. The second-order valence-electron chi connectivity index (χ2n) is 5.72. The fourth-order valence-corrected chi connectivity index (χ4v) is 1.87. The van der Waals surface area contributed by atoms with Crippen LogP contribution < -0.4 is 10.6 Å². The highest BCUT2D eigenvalue weighted by molar-refractivity contribution is 5.75. The summed E-state index contributed by atoms with van der Waals surface area (Å²) >= 11 is 0. The van der Waals surface area contributed by atoms with Crippen LogP contribution >= 0.6 is 0 Å². The minimum absolute atomic E-state index is 0.151. The molecule has 15 heavy (non-hydrogen) atoms. The summed E-state index contributed by atoms with van der Waals surface area (Å²) in [6.45, 7) is 12.4. The van der Waals surface area contributed by atoms with Gasteiger partial charge in [-0.05, 0) is 32.6 Å². The van der Waals surface area contributed by atoms with E-state index in [0.29, 0.717) is 0 Å². The third-order valence-electron chi connectivity index (χ3n) is 1.81. The van der Waals surface area contributed by atoms with Gasteiger partial charge in [-0.3, -0.25) is 0 Å². The molecule has 0 unspecified atom stereocenters. The first kappa shape index (κ1) is 14.0. The smallest absolute Gasteiger partial charge is 0.319 e. The highest BCUT2D eigenvalue weighted by atomic mass is 16.2. The van der Waals surface area contributed by atoms with Gasteiger partial charge in [0.25, 0.3) is 0 Å². The molecule has 0 fully saturated rings. The Morgan fingerprint density at radius 3 is 2.13 bits per heavy atom. The SMILES string of the molecule is C/C=C/NC(=O)NC(C)(C)CC(C)(C)C. The third-order valence-corrected chi connectivity index (χ3v) is 1.81. The van der Waals surface area contributed by atoms with Crippen molar-refractivity contribution in [3.8, 4) is 0 Å². The van der Waals surface area contributed by atoms with Crippen molar-refractivity contribution in [2.45, 2.75) is 53.5 Å². The number of urea groups is 1. The fraction of sp³-hybridized carbons (Fsp3) is 0.750. The van der Waals surface area contributed by atoms with Crippen LogP contribution in [0.15, 0.2) is 12.3 Å². The van der Waals surface area contributed by atoms with E-state index in [0.717, 1.165) is 6.42 Å². The van der Waals surface area contributed by atoms with Crippen LogP contribution in [0.5, 0.6) is 0 Å². The first-order valence-electron chi connectivity index (χ1n) is 5.36. The first-order valence-corrected chi connectivity index (χ1v) is 5.36.